The number of ether oxygens (including phenoxy) is 1. The number of amides is 1. The Morgan fingerprint density at radius 2 is 2.39 bits per heavy atom. The Labute approximate surface area is 140 Å². The number of primary amides is 1. The molecule has 0 spiro atoms. The molecular weight excluding hydrogens is 310 g/mol. The van der Waals surface area contributed by atoms with Crippen molar-refractivity contribution in [2.24, 2.45) is 11.7 Å². The predicted molar refractivity (Wildman–Crippen MR) is 94.5 cm³/mol. The predicted octanol–water partition coefficient (Wildman–Crippen LogP) is 2.98. The zero-order chi connectivity index (χ0) is 16.8. The normalized spacial score (nSPS) is 20.0. The van der Waals surface area contributed by atoms with E-state index in [-0.39, 0.29) is 11.8 Å². The molecule has 1 aromatic heterocycles. The SMILES string of the molecule is C=CCNc1cc(SC2=CC(OC)C(C)C=C2)cnc1C(N)=O. The van der Waals surface area contributed by atoms with Gasteiger partial charge in [0.25, 0.3) is 5.91 Å². The summed E-state index contributed by atoms with van der Waals surface area (Å²) in [4.78, 5) is 17.6. The Balaban J connectivity index is 2.21. The van der Waals surface area contributed by atoms with E-state index in [9.17, 15) is 4.79 Å². The minimum atomic E-state index is -0.557. The molecule has 0 aromatic carbocycles. The van der Waals surface area contributed by atoms with Crippen LogP contribution in [0.4, 0.5) is 5.69 Å². The average molecular weight is 331 g/mol. The first-order valence-electron chi connectivity index (χ1n) is 7.30. The van der Waals surface area contributed by atoms with Crippen LogP contribution in [0.2, 0.25) is 0 Å². The maximum Gasteiger partial charge on any atom is 0.269 e. The second kappa shape index (κ2) is 7.99. The van der Waals surface area contributed by atoms with Crippen LogP contribution in [0, 0.1) is 5.92 Å². The van der Waals surface area contributed by atoms with Gasteiger partial charge < -0.3 is 15.8 Å². The molecule has 2 atom stereocenters. The van der Waals surface area contributed by atoms with Gasteiger partial charge in [-0.05, 0) is 12.1 Å². The van der Waals surface area contributed by atoms with Gasteiger partial charge in [0.1, 0.15) is 0 Å². The van der Waals surface area contributed by atoms with Crippen molar-refractivity contribution >= 4 is 23.4 Å². The number of carbonyl (C=O) groups is 1. The Morgan fingerprint density at radius 3 is 3.04 bits per heavy atom. The summed E-state index contributed by atoms with van der Waals surface area (Å²) in [5, 5.41) is 3.09. The molecule has 0 fully saturated rings. The van der Waals surface area contributed by atoms with Crippen LogP contribution in [-0.2, 0) is 4.74 Å². The number of hydrogen-bond acceptors (Lipinski definition) is 5. The quantitative estimate of drug-likeness (QED) is 0.751. The number of hydrogen-bond donors (Lipinski definition) is 2. The van der Waals surface area contributed by atoms with Crippen LogP contribution in [0.15, 0.2) is 52.9 Å². The Kier molecular flexibility index (Phi) is 6.01. The summed E-state index contributed by atoms with van der Waals surface area (Å²) in [6.07, 6.45) is 9.72. The highest BCUT2D eigenvalue weighted by molar-refractivity contribution is 8.03. The van der Waals surface area contributed by atoms with Crippen LogP contribution in [-0.4, -0.2) is 30.6 Å². The van der Waals surface area contributed by atoms with E-state index in [4.69, 9.17) is 10.5 Å². The summed E-state index contributed by atoms with van der Waals surface area (Å²) < 4.78 is 5.46. The maximum absolute atomic E-state index is 11.5. The first kappa shape index (κ1) is 17.3. The first-order chi connectivity index (χ1) is 11.0. The maximum atomic E-state index is 11.5. The van der Waals surface area contributed by atoms with Gasteiger partial charge in [-0.3, -0.25) is 4.79 Å². The molecule has 0 radical (unpaired) electrons. The number of thioether (sulfide) groups is 1. The standard InChI is InChI=1S/C17H21N3O2S/c1-4-7-19-14-8-13(10-20-16(14)17(18)21)23-12-6-5-11(2)15(9-12)22-3/h4-6,8-11,15,19H,1,7H2,2-3H3,(H2,18,21). The third-order valence-electron chi connectivity index (χ3n) is 3.45. The van der Waals surface area contributed by atoms with Crippen molar-refractivity contribution in [2.45, 2.75) is 17.9 Å². The van der Waals surface area contributed by atoms with Crippen LogP contribution in [0.1, 0.15) is 17.4 Å². The van der Waals surface area contributed by atoms with Gasteiger partial charge >= 0.3 is 0 Å². The summed E-state index contributed by atoms with van der Waals surface area (Å²) in [5.41, 5.74) is 6.20. The van der Waals surface area contributed by atoms with Gasteiger partial charge in [0.2, 0.25) is 0 Å². The molecule has 0 saturated carbocycles. The summed E-state index contributed by atoms with van der Waals surface area (Å²) in [7, 11) is 1.71. The molecule has 0 saturated heterocycles. The molecule has 1 aromatic rings. The van der Waals surface area contributed by atoms with Crippen molar-refractivity contribution in [3.05, 3.63) is 53.7 Å². The molecular formula is C17H21N3O2S. The van der Waals surface area contributed by atoms with Gasteiger partial charge in [-0.25, -0.2) is 4.98 Å². The monoisotopic (exact) mass is 331 g/mol. The van der Waals surface area contributed by atoms with Gasteiger partial charge in [-0.15, -0.1) is 6.58 Å². The molecule has 1 amide bonds. The molecule has 6 heteroatoms. The molecule has 3 N–H and O–H groups in total. The van der Waals surface area contributed by atoms with E-state index in [1.54, 1.807) is 31.1 Å². The number of nitrogens with one attached hydrogen (secondary N) is 1. The lowest BCUT2D eigenvalue weighted by Gasteiger charge is -2.21. The van der Waals surface area contributed by atoms with Gasteiger partial charge in [0.05, 0.1) is 11.8 Å². The average Bonchev–Trinajstić information content (AvgIpc) is 2.54. The number of pyridine rings is 1. The second-order valence-electron chi connectivity index (χ2n) is 5.19. The van der Waals surface area contributed by atoms with E-state index < -0.39 is 5.91 Å². The van der Waals surface area contributed by atoms with Gasteiger partial charge in [-0.1, -0.05) is 36.9 Å². The molecule has 2 unspecified atom stereocenters. The zero-order valence-electron chi connectivity index (χ0n) is 13.3. The minimum Gasteiger partial charge on any atom is -0.380 e. The summed E-state index contributed by atoms with van der Waals surface area (Å²) in [5.74, 6) is -0.206. The third-order valence-corrected chi connectivity index (χ3v) is 4.42. The van der Waals surface area contributed by atoms with Crippen LogP contribution in [0.3, 0.4) is 0 Å². The lowest BCUT2D eigenvalue weighted by atomic mass is 10.00. The Morgan fingerprint density at radius 1 is 1.61 bits per heavy atom. The molecule has 1 aliphatic carbocycles. The van der Waals surface area contributed by atoms with E-state index in [2.05, 4.69) is 42.0 Å². The summed E-state index contributed by atoms with van der Waals surface area (Å²) >= 11 is 1.57. The number of methoxy groups -OCH3 is 1. The lowest BCUT2D eigenvalue weighted by Crippen LogP contribution is -2.18. The fourth-order valence-corrected chi connectivity index (χ4v) is 3.13. The number of allylic oxidation sites excluding steroid dienone is 1. The fraction of sp³-hybridized carbons (Fsp3) is 0.294. The van der Waals surface area contributed by atoms with Crippen molar-refractivity contribution in [2.75, 3.05) is 19.0 Å². The molecule has 5 nitrogen and oxygen atoms in total. The van der Waals surface area contributed by atoms with Crippen molar-refractivity contribution in [1.82, 2.24) is 4.98 Å². The van der Waals surface area contributed by atoms with E-state index in [0.29, 0.717) is 18.2 Å². The Hall–Kier alpha value is -2.05. The number of anilines is 1. The molecule has 1 heterocycles. The van der Waals surface area contributed by atoms with Gasteiger partial charge in [-0.2, -0.15) is 0 Å². The van der Waals surface area contributed by atoms with E-state index in [0.717, 1.165) is 9.80 Å². The number of nitrogens with zero attached hydrogens (tertiary/aromatic N) is 1. The molecule has 23 heavy (non-hydrogen) atoms. The van der Waals surface area contributed by atoms with E-state index in [1.165, 1.54) is 0 Å². The van der Waals surface area contributed by atoms with Crippen LogP contribution >= 0.6 is 11.8 Å². The molecule has 0 bridgehead atoms. The number of aromatic nitrogens is 1. The summed E-state index contributed by atoms with van der Waals surface area (Å²) in [6, 6.07) is 1.87. The lowest BCUT2D eigenvalue weighted by molar-refractivity contribution is 0.0996. The van der Waals surface area contributed by atoms with Crippen molar-refractivity contribution < 1.29 is 9.53 Å². The van der Waals surface area contributed by atoms with Crippen LogP contribution in [0.25, 0.3) is 0 Å². The number of carbonyl (C=O) groups excluding carboxylic acids is 1. The smallest absolute Gasteiger partial charge is 0.269 e. The highest BCUT2D eigenvalue weighted by Gasteiger charge is 2.17. The third kappa shape index (κ3) is 4.46. The topological polar surface area (TPSA) is 77.2 Å². The number of rotatable bonds is 7. The number of nitrogens with two attached hydrogens (primary N) is 1. The first-order valence-corrected chi connectivity index (χ1v) is 8.12. The minimum absolute atomic E-state index is 0.0683. The molecule has 2 rings (SSSR count). The zero-order valence-corrected chi connectivity index (χ0v) is 14.1. The summed E-state index contributed by atoms with van der Waals surface area (Å²) in [6.45, 7) is 6.30. The van der Waals surface area contributed by atoms with Gasteiger partial charge in [0.15, 0.2) is 5.69 Å². The van der Waals surface area contributed by atoms with Crippen LogP contribution in [0.5, 0.6) is 0 Å². The Bertz CT molecular complexity index is 655. The van der Waals surface area contributed by atoms with Crippen LogP contribution < -0.4 is 11.1 Å². The highest BCUT2D eigenvalue weighted by Crippen LogP contribution is 2.33. The van der Waals surface area contributed by atoms with Crippen molar-refractivity contribution in [3.8, 4) is 0 Å². The molecule has 1 aliphatic rings. The second-order valence-corrected chi connectivity index (χ2v) is 6.34. The van der Waals surface area contributed by atoms with E-state index >= 15 is 0 Å². The molecule has 0 aliphatic heterocycles. The largest absolute Gasteiger partial charge is 0.380 e. The van der Waals surface area contributed by atoms with Crippen molar-refractivity contribution in [1.29, 1.82) is 0 Å². The van der Waals surface area contributed by atoms with E-state index in [1.807, 2.05) is 6.07 Å². The fourth-order valence-electron chi connectivity index (χ4n) is 2.23. The van der Waals surface area contributed by atoms with Gasteiger partial charge in [0, 0.05) is 35.6 Å². The highest BCUT2D eigenvalue weighted by atomic mass is 32.2. The molecule has 122 valence electrons. The van der Waals surface area contributed by atoms with Crippen molar-refractivity contribution in [3.63, 3.8) is 0 Å².